The van der Waals surface area contributed by atoms with Gasteiger partial charge in [0.1, 0.15) is 0 Å². The van der Waals surface area contributed by atoms with E-state index in [1.54, 1.807) is 19.4 Å². The predicted octanol–water partition coefficient (Wildman–Crippen LogP) is 0.145. The maximum absolute atomic E-state index is 11.9. The normalized spacial score (nSPS) is 16.6. The van der Waals surface area contributed by atoms with E-state index >= 15 is 0 Å². The van der Waals surface area contributed by atoms with Crippen LogP contribution in [0.15, 0.2) is 17.1 Å². The van der Waals surface area contributed by atoms with Crippen molar-refractivity contribution in [3.63, 3.8) is 0 Å². The first-order valence-electron chi connectivity index (χ1n) is 6.23. The standard InChI is InChI=1S/C12H18N4O2S/c1-18-10-2-4-15(5-3-10)9-6-12(17)16(14-7-9)8-11(13)19/h6-7,10H,2-5,8H2,1H3,(H2,13,19). The fourth-order valence-corrected chi connectivity index (χ4v) is 2.34. The molecule has 0 bridgehead atoms. The number of anilines is 1. The lowest BCUT2D eigenvalue weighted by atomic mass is 10.1. The fraction of sp³-hybridized carbons (Fsp3) is 0.583. The quantitative estimate of drug-likeness (QED) is 0.792. The number of nitrogens with two attached hydrogens (primary N) is 1. The third-order valence-corrected chi connectivity index (χ3v) is 3.43. The molecule has 2 rings (SSSR count). The van der Waals surface area contributed by atoms with Crippen LogP contribution in [0, 0.1) is 0 Å². The summed E-state index contributed by atoms with van der Waals surface area (Å²) in [5.41, 5.74) is 6.08. The first kappa shape index (κ1) is 14.0. The number of hydrogen-bond donors (Lipinski definition) is 1. The number of hydrogen-bond acceptors (Lipinski definition) is 5. The number of thiocarbonyl (C=S) groups is 1. The van der Waals surface area contributed by atoms with E-state index in [4.69, 9.17) is 22.7 Å². The maximum Gasteiger partial charge on any atom is 0.269 e. The lowest BCUT2D eigenvalue weighted by Gasteiger charge is -2.32. The highest BCUT2D eigenvalue weighted by Gasteiger charge is 2.19. The molecule has 0 aliphatic carbocycles. The Bertz CT molecular complexity index is 509. The van der Waals surface area contributed by atoms with Crippen LogP contribution in [0.2, 0.25) is 0 Å². The Kier molecular flexibility index (Phi) is 4.49. The molecule has 0 aromatic carbocycles. The maximum atomic E-state index is 11.9. The van der Waals surface area contributed by atoms with Crippen molar-refractivity contribution < 1.29 is 4.74 Å². The van der Waals surface area contributed by atoms with Gasteiger partial charge < -0.3 is 15.4 Å². The smallest absolute Gasteiger partial charge is 0.269 e. The highest BCUT2D eigenvalue weighted by molar-refractivity contribution is 7.80. The van der Waals surface area contributed by atoms with Crippen LogP contribution in [-0.4, -0.2) is 41.1 Å². The Morgan fingerprint density at radius 1 is 1.58 bits per heavy atom. The molecule has 7 heteroatoms. The van der Waals surface area contributed by atoms with Crippen LogP contribution in [0.1, 0.15) is 12.8 Å². The van der Waals surface area contributed by atoms with Gasteiger partial charge in [0.2, 0.25) is 0 Å². The average Bonchev–Trinajstić information content (AvgIpc) is 2.41. The molecule has 1 fully saturated rings. The second-order valence-corrected chi connectivity index (χ2v) is 5.12. The van der Waals surface area contributed by atoms with Gasteiger partial charge in [0.25, 0.3) is 5.56 Å². The number of aromatic nitrogens is 2. The van der Waals surface area contributed by atoms with Crippen LogP contribution >= 0.6 is 12.2 Å². The molecule has 19 heavy (non-hydrogen) atoms. The summed E-state index contributed by atoms with van der Waals surface area (Å²) in [4.78, 5) is 14.3. The van der Waals surface area contributed by atoms with Crippen LogP contribution < -0.4 is 16.2 Å². The zero-order valence-corrected chi connectivity index (χ0v) is 11.7. The number of ether oxygens (including phenoxy) is 1. The van der Waals surface area contributed by atoms with Crippen molar-refractivity contribution in [2.24, 2.45) is 5.73 Å². The van der Waals surface area contributed by atoms with Crippen LogP contribution in [0.3, 0.4) is 0 Å². The van der Waals surface area contributed by atoms with Crippen molar-refractivity contribution in [3.05, 3.63) is 22.6 Å². The lowest BCUT2D eigenvalue weighted by Crippen LogP contribution is -2.38. The van der Waals surface area contributed by atoms with E-state index in [9.17, 15) is 4.79 Å². The Morgan fingerprint density at radius 2 is 2.26 bits per heavy atom. The number of nitrogens with zero attached hydrogens (tertiary/aromatic N) is 3. The van der Waals surface area contributed by atoms with Crippen LogP contribution in [0.25, 0.3) is 0 Å². The van der Waals surface area contributed by atoms with Gasteiger partial charge >= 0.3 is 0 Å². The van der Waals surface area contributed by atoms with Gasteiger partial charge in [-0.2, -0.15) is 5.10 Å². The van der Waals surface area contributed by atoms with Crippen molar-refractivity contribution in [2.75, 3.05) is 25.1 Å². The van der Waals surface area contributed by atoms with Gasteiger partial charge in [-0.15, -0.1) is 0 Å². The highest BCUT2D eigenvalue weighted by Crippen LogP contribution is 2.18. The van der Waals surface area contributed by atoms with Crippen LogP contribution in [0.4, 0.5) is 5.69 Å². The molecule has 0 radical (unpaired) electrons. The summed E-state index contributed by atoms with van der Waals surface area (Å²) in [5, 5.41) is 4.10. The van der Waals surface area contributed by atoms with E-state index in [1.165, 1.54) is 4.68 Å². The molecule has 0 amide bonds. The Morgan fingerprint density at radius 3 is 2.79 bits per heavy atom. The van der Waals surface area contributed by atoms with Gasteiger partial charge in [0.05, 0.1) is 29.5 Å². The second-order valence-electron chi connectivity index (χ2n) is 4.60. The second kappa shape index (κ2) is 6.12. The molecule has 0 unspecified atom stereocenters. The molecule has 0 saturated carbocycles. The summed E-state index contributed by atoms with van der Waals surface area (Å²) in [6, 6.07) is 1.58. The Labute approximate surface area is 117 Å². The number of piperidine rings is 1. The van der Waals surface area contributed by atoms with E-state index in [1.807, 2.05) is 0 Å². The topological polar surface area (TPSA) is 73.4 Å². The lowest BCUT2D eigenvalue weighted by molar-refractivity contribution is 0.0819. The summed E-state index contributed by atoms with van der Waals surface area (Å²) in [5.74, 6) is 0. The molecule has 1 saturated heterocycles. The van der Waals surface area contributed by atoms with Gasteiger partial charge in [-0.05, 0) is 12.8 Å². The fourth-order valence-electron chi connectivity index (χ4n) is 2.21. The van der Waals surface area contributed by atoms with Gasteiger partial charge in [0.15, 0.2) is 0 Å². The molecule has 0 spiro atoms. The van der Waals surface area contributed by atoms with E-state index in [2.05, 4.69) is 10.00 Å². The molecular formula is C12H18N4O2S. The molecule has 6 nitrogen and oxygen atoms in total. The summed E-state index contributed by atoms with van der Waals surface area (Å²) in [6.07, 6.45) is 3.94. The molecule has 1 aliphatic rings. The zero-order chi connectivity index (χ0) is 13.8. The summed E-state index contributed by atoms with van der Waals surface area (Å²) < 4.78 is 6.60. The molecule has 104 valence electrons. The minimum absolute atomic E-state index is 0.181. The number of methoxy groups -OCH3 is 1. The van der Waals surface area contributed by atoms with Crippen LogP contribution in [-0.2, 0) is 11.3 Å². The predicted molar refractivity (Wildman–Crippen MR) is 77.5 cm³/mol. The van der Waals surface area contributed by atoms with Crippen molar-refractivity contribution in [2.45, 2.75) is 25.5 Å². The van der Waals surface area contributed by atoms with Gasteiger partial charge in [-0.3, -0.25) is 4.79 Å². The molecular weight excluding hydrogens is 264 g/mol. The SMILES string of the molecule is COC1CCN(c2cnn(CC(N)=S)c(=O)c2)CC1. The van der Waals surface area contributed by atoms with Crippen molar-refractivity contribution in [1.82, 2.24) is 9.78 Å². The van der Waals surface area contributed by atoms with Crippen molar-refractivity contribution >= 4 is 22.9 Å². The van der Waals surface area contributed by atoms with E-state index in [-0.39, 0.29) is 17.1 Å². The largest absolute Gasteiger partial charge is 0.392 e. The number of rotatable bonds is 4. The molecule has 1 aromatic heterocycles. The third-order valence-electron chi connectivity index (χ3n) is 3.30. The molecule has 2 heterocycles. The first-order valence-corrected chi connectivity index (χ1v) is 6.64. The first-order chi connectivity index (χ1) is 9.10. The summed E-state index contributed by atoms with van der Waals surface area (Å²) in [6.45, 7) is 1.93. The van der Waals surface area contributed by atoms with Gasteiger partial charge in [-0.1, -0.05) is 12.2 Å². The highest BCUT2D eigenvalue weighted by atomic mass is 32.1. The van der Waals surface area contributed by atoms with E-state index in [0.717, 1.165) is 31.6 Å². The summed E-state index contributed by atoms with van der Waals surface area (Å²) >= 11 is 4.78. The van der Waals surface area contributed by atoms with Crippen molar-refractivity contribution in [1.29, 1.82) is 0 Å². The van der Waals surface area contributed by atoms with E-state index in [0.29, 0.717) is 6.10 Å². The minimum Gasteiger partial charge on any atom is -0.392 e. The summed E-state index contributed by atoms with van der Waals surface area (Å²) in [7, 11) is 1.73. The van der Waals surface area contributed by atoms with Gasteiger partial charge in [-0.25, -0.2) is 4.68 Å². The third kappa shape index (κ3) is 3.51. The Balaban J connectivity index is 2.08. The van der Waals surface area contributed by atoms with E-state index < -0.39 is 0 Å². The van der Waals surface area contributed by atoms with Gasteiger partial charge in [0, 0.05) is 26.3 Å². The molecule has 1 aromatic rings. The molecule has 0 atom stereocenters. The molecule has 1 aliphatic heterocycles. The zero-order valence-electron chi connectivity index (χ0n) is 10.9. The van der Waals surface area contributed by atoms with Crippen molar-refractivity contribution in [3.8, 4) is 0 Å². The minimum atomic E-state index is -0.181. The Hall–Kier alpha value is -1.47. The van der Waals surface area contributed by atoms with Crippen LogP contribution in [0.5, 0.6) is 0 Å². The monoisotopic (exact) mass is 282 g/mol. The molecule has 2 N–H and O–H groups in total. The average molecular weight is 282 g/mol.